The highest BCUT2D eigenvalue weighted by molar-refractivity contribution is 5.94. The van der Waals surface area contributed by atoms with Crippen molar-refractivity contribution in [2.45, 2.75) is 32.7 Å². The van der Waals surface area contributed by atoms with Crippen molar-refractivity contribution >= 4 is 11.6 Å². The van der Waals surface area contributed by atoms with Gasteiger partial charge in [-0.2, -0.15) is 0 Å². The van der Waals surface area contributed by atoms with Crippen LogP contribution in [0.1, 0.15) is 37.0 Å². The molecule has 3 rings (SSSR count). The average molecular weight is 352 g/mol. The number of rotatable bonds is 9. The zero-order valence-electron chi connectivity index (χ0n) is 15.6. The first-order valence-corrected chi connectivity index (χ1v) is 9.44. The van der Waals surface area contributed by atoms with Crippen LogP contribution in [-0.4, -0.2) is 25.1 Å². The second kappa shape index (κ2) is 8.75. The molecule has 1 aliphatic carbocycles. The van der Waals surface area contributed by atoms with Crippen molar-refractivity contribution < 1.29 is 9.53 Å². The van der Waals surface area contributed by atoms with Gasteiger partial charge in [-0.05, 0) is 61.1 Å². The average Bonchev–Trinajstić information content (AvgIpc) is 3.48. The molecule has 0 aliphatic heterocycles. The highest BCUT2D eigenvalue weighted by Crippen LogP contribution is 2.29. The molecule has 4 nitrogen and oxygen atoms in total. The number of hydrogen-bond donors (Lipinski definition) is 2. The van der Waals surface area contributed by atoms with E-state index in [4.69, 9.17) is 4.74 Å². The van der Waals surface area contributed by atoms with Gasteiger partial charge >= 0.3 is 0 Å². The van der Waals surface area contributed by atoms with Gasteiger partial charge in [-0.3, -0.25) is 4.79 Å². The van der Waals surface area contributed by atoms with E-state index in [-0.39, 0.29) is 11.9 Å². The molecule has 1 atom stereocenters. The van der Waals surface area contributed by atoms with Crippen molar-refractivity contribution in [1.29, 1.82) is 0 Å². The molecule has 1 unspecified atom stereocenters. The predicted octanol–water partition coefficient (Wildman–Crippen LogP) is 4.34. The summed E-state index contributed by atoms with van der Waals surface area (Å²) in [6.07, 6.45) is 2.54. The van der Waals surface area contributed by atoms with E-state index in [0.29, 0.717) is 18.0 Å². The van der Waals surface area contributed by atoms with Crippen LogP contribution in [0.25, 0.3) is 0 Å². The van der Waals surface area contributed by atoms with Crippen LogP contribution in [0.4, 0.5) is 5.69 Å². The molecule has 4 heteroatoms. The minimum absolute atomic E-state index is 0.0562. The van der Waals surface area contributed by atoms with Crippen LogP contribution in [0.5, 0.6) is 5.75 Å². The molecule has 1 saturated carbocycles. The second-order valence-corrected chi connectivity index (χ2v) is 7.35. The van der Waals surface area contributed by atoms with Crippen molar-refractivity contribution in [3.63, 3.8) is 0 Å². The first kappa shape index (κ1) is 18.3. The van der Waals surface area contributed by atoms with E-state index in [1.54, 1.807) is 0 Å². The molecular formula is C22H28N2O2. The smallest absolute Gasteiger partial charge is 0.251 e. The van der Waals surface area contributed by atoms with Crippen LogP contribution in [-0.2, 0) is 0 Å². The summed E-state index contributed by atoms with van der Waals surface area (Å²) in [5.41, 5.74) is 1.73. The Hall–Kier alpha value is -2.49. The van der Waals surface area contributed by atoms with Crippen LogP contribution >= 0.6 is 0 Å². The number of amides is 1. The lowest BCUT2D eigenvalue weighted by atomic mass is 10.0. The van der Waals surface area contributed by atoms with Crippen LogP contribution in [0.2, 0.25) is 0 Å². The van der Waals surface area contributed by atoms with E-state index < -0.39 is 0 Å². The third-order valence-electron chi connectivity index (χ3n) is 4.71. The molecule has 0 radical (unpaired) electrons. The molecule has 0 aromatic heterocycles. The fourth-order valence-electron chi connectivity index (χ4n) is 2.71. The standard InChI is InChI=1S/C22H28N2O2/c1-16(2)21(24-19-6-4-3-5-7-19)14-23-22(25)18-10-12-20(13-11-18)26-15-17-8-9-17/h3-7,10-13,16-17,21,24H,8-9,14-15H2,1-2H3,(H,23,25). The summed E-state index contributed by atoms with van der Waals surface area (Å²) in [5.74, 6) is 1.90. The molecule has 0 spiro atoms. The Kier molecular flexibility index (Phi) is 6.16. The highest BCUT2D eigenvalue weighted by atomic mass is 16.5. The summed E-state index contributed by atoms with van der Waals surface area (Å²) in [6.45, 7) is 5.66. The van der Waals surface area contributed by atoms with Gasteiger partial charge in [-0.25, -0.2) is 0 Å². The summed E-state index contributed by atoms with van der Waals surface area (Å²) < 4.78 is 5.72. The van der Waals surface area contributed by atoms with E-state index in [1.165, 1.54) is 12.8 Å². The molecule has 2 aromatic carbocycles. The molecule has 1 aliphatic rings. The molecule has 0 saturated heterocycles. The summed E-state index contributed by atoms with van der Waals surface area (Å²) in [7, 11) is 0. The summed E-state index contributed by atoms with van der Waals surface area (Å²) in [6, 6.07) is 17.7. The van der Waals surface area contributed by atoms with Crippen molar-refractivity contribution in [2.75, 3.05) is 18.5 Å². The molecule has 2 N–H and O–H groups in total. The molecule has 2 aromatic rings. The summed E-state index contributed by atoms with van der Waals surface area (Å²) in [4.78, 5) is 12.4. The predicted molar refractivity (Wildman–Crippen MR) is 106 cm³/mol. The van der Waals surface area contributed by atoms with E-state index in [1.807, 2.05) is 54.6 Å². The number of hydrogen-bond acceptors (Lipinski definition) is 3. The third kappa shape index (κ3) is 5.51. The quantitative estimate of drug-likeness (QED) is 0.706. The van der Waals surface area contributed by atoms with E-state index in [9.17, 15) is 4.79 Å². The minimum atomic E-state index is -0.0562. The van der Waals surface area contributed by atoms with Crippen molar-refractivity contribution in [3.05, 3.63) is 60.2 Å². The molecule has 0 bridgehead atoms. The van der Waals surface area contributed by atoms with Crippen LogP contribution < -0.4 is 15.4 Å². The number of carbonyl (C=O) groups is 1. The Labute approximate surface area is 156 Å². The monoisotopic (exact) mass is 352 g/mol. The largest absolute Gasteiger partial charge is 0.493 e. The summed E-state index contributed by atoms with van der Waals surface area (Å²) >= 11 is 0. The lowest BCUT2D eigenvalue weighted by Gasteiger charge is -2.24. The maximum atomic E-state index is 12.4. The Balaban J connectivity index is 1.50. The fourth-order valence-corrected chi connectivity index (χ4v) is 2.71. The Morgan fingerprint density at radius 2 is 1.77 bits per heavy atom. The van der Waals surface area contributed by atoms with Gasteiger partial charge < -0.3 is 15.4 Å². The highest BCUT2D eigenvalue weighted by Gasteiger charge is 2.22. The zero-order chi connectivity index (χ0) is 18.4. The van der Waals surface area contributed by atoms with E-state index in [2.05, 4.69) is 24.5 Å². The van der Waals surface area contributed by atoms with Gasteiger partial charge in [0.15, 0.2) is 0 Å². The lowest BCUT2D eigenvalue weighted by Crippen LogP contribution is -2.39. The molecule has 26 heavy (non-hydrogen) atoms. The number of benzene rings is 2. The number of nitrogens with one attached hydrogen (secondary N) is 2. The number of carbonyl (C=O) groups excluding carboxylic acids is 1. The maximum absolute atomic E-state index is 12.4. The Morgan fingerprint density at radius 1 is 1.08 bits per heavy atom. The van der Waals surface area contributed by atoms with Crippen molar-refractivity contribution in [3.8, 4) is 5.75 Å². The molecule has 0 heterocycles. The topological polar surface area (TPSA) is 50.4 Å². The molecule has 1 amide bonds. The molecule has 138 valence electrons. The second-order valence-electron chi connectivity index (χ2n) is 7.35. The number of ether oxygens (including phenoxy) is 1. The first-order valence-electron chi connectivity index (χ1n) is 9.44. The van der Waals surface area contributed by atoms with Gasteiger partial charge in [-0.1, -0.05) is 32.0 Å². The van der Waals surface area contributed by atoms with Gasteiger partial charge in [0.1, 0.15) is 5.75 Å². The third-order valence-corrected chi connectivity index (χ3v) is 4.71. The van der Waals surface area contributed by atoms with E-state index >= 15 is 0 Å². The van der Waals surface area contributed by atoms with Gasteiger partial charge in [0, 0.05) is 23.8 Å². The maximum Gasteiger partial charge on any atom is 0.251 e. The SMILES string of the molecule is CC(C)C(CNC(=O)c1ccc(OCC2CC2)cc1)Nc1ccccc1. The van der Waals surface area contributed by atoms with Crippen LogP contribution in [0.15, 0.2) is 54.6 Å². The van der Waals surface area contributed by atoms with Crippen LogP contribution in [0.3, 0.4) is 0 Å². The fraction of sp³-hybridized carbons (Fsp3) is 0.409. The van der Waals surface area contributed by atoms with E-state index in [0.717, 1.165) is 24.0 Å². The Morgan fingerprint density at radius 3 is 2.38 bits per heavy atom. The van der Waals surface area contributed by atoms with Crippen LogP contribution in [0, 0.1) is 11.8 Å². The summed E-state index contributed by atoms with van der Waals surface area (Å²) in [5, 5.41) is 6.53. The minimum Gasteiger partial charge on any atom is -0.493 e. The first-order chi connectivity index (χ1) is 12.6. The molecular weight excluding hydrogens is 324 g/mol. The lowest BCUT2D eigenvalue weighted by molar-refractivity contribution is 0.0950. The molecule has 1 fully saturated rings. The van der Waals surface area contributed by atoms with Gasteiger partial charge in [0.05, 0.1) is 6.61 Å². The van der Waals surface area contributed by atoms with Gasteiger partial charge in [0.25, 0.3) is 5.91 Å². The number of anilines is 1. The van der Waals surface area contributed by atoms with Gasteiger partial charge in [-0.15, -0.1) is 0 Å². The zero-order valence-corrected chi connectivity index (χ0v) is 15.6. The van der Waals surface area contributed by atoms with Crippen molar-refractivity contribution in [2.24, 2.45) is 11.8 Å². The normalized spacial score (nSPS) is 14.7. The van der Waals surface area contributed by atoms with Crippen molar-refractivity contribution in [1.82, 2.24) is 5.32 Å². The van der Waals surface area contributed by atoms with Gasteiger partial charge in [0.2, 0.25) is 0 Å². The Bertz CT molecular complexity index is 694. The number of para-hydroxylation sites is 1.